The molecule has 0 saturated carbocycles. The van der Waals surface area contributed by atoms with Gasteiger partial charge in [0.25, 0.3) is 5.56 Å². The second kappa shape index (κ2) is 6.92. The predicted octanol–water partition coefficient (Wildman–Crippen LogP) is 3.47. The highest BCUT2D eigenvalue weighted by molar-refractivity contribution is 5.67. The maximum Gasteiger partial charge on any atom is 0.258 e. The van der Waals surface area contributed by atoms with Crippen LogP contribution < -0.4 is 24.5 Å². The summed E-state index contributed by atoms with van der Waals surface area (Å²) >= 11 is 0. The third-order valence-electron chi connectivity index (χ3n) is 4.78. The first kappa shape index (κ1) is 17.9. The second-order valence-electron chi connectivity index (χ2n) is 6.45. The van der Waals surface area contributed by atoms with Gasteiger partial charge in [0.1, 0.15) is 11.6 Å². The molecule has 0 atom stereocenters. The van der Waals surface area contributed by atoms with E-state index in [1.165, 1.54) is 21.3 Å². The number of H-pyrrole nitrogens is 1. The zero-order chi connectivity index (χ0) is 19.8. The number of aromatic amines is 1. The number of ether oxygens (including phenoxy) is 4. The maximum atomic E-state index is 12.7. The molecule has 2 aromatic carbocycles. The molecule has 0 unspecified atom stereocenters. The molecule has 1 aliphatic rings. The summed E-state index contributed by atoms with van der Waals surface area (Å²) in [6.07, 6.45) is 0.476. The summed E-state index contributed by atoms with van der Waals surface area (Å²) in [4.78, 5) is 20.1. The van der Waals surface area contributed by atoms with Crippen molar-refractivity contribution in [3.63, 3.8) is 0 Å². The van der Waals surface area contributed by atoms with Crippen LogP contribution in [0.25, 0.3) is 11.4 Å². The summed E-state index contributed by atoms with van der Waals surface area (Å²) in [5.74, 6) is 2.84. The molecule has 0 saturated heterocycles. The van der Waals surface area contributed by atoms with E-state index in [9.17, 15) is 4.79 Å². The average Bonchev–Trinajstić information content (AvgIpc) is 2.72. The zero-order valence-electron chi connectivity index (χ0n) is 16.1. The number of rotatable bonds is 4. The van der Waals surface area contributed by atoms with E-state index in [1.807, 2.05) is 25.1 Å². The normalized spacial score (nSPS) is 11.9. The lowest BCUT2D eigenvalue weighted by Gasteiger charge is -2.21. The highest BCUT2D eigenvalue weighted by Gasteiger charge is 2.24. The summed E-state index contributed by atoms with van der Waals surface area (Å²) < 4.78 is 22.1. The van der Waals surface area contributed by atoms with E-state index in [0.717, 1.165) is 16.9 Å². The minimum absolute atomic E-state index is 0.235. The molecular weight excluding hydrogens is 360 g/mol. The van der Waals surface area contributed by atoms with Crippen LogP contribution in [0.1, 0.15) is 16.7 Å². The SMILES string of the molecule is COc1cc(-c2nc3c(c(=O)[nH]2)Cc2cccc(C)c2O3)cc(OC)c1OC. The van der Waals surface area contributed by atoms with Gasteiger partial charge in [-0.25, -0.2) is 0 Å². The summed E-state index contributed by atoms with van der Waals surface area (Å²) in [7, 11) is 4.60. The van der Waals surface area contributed by atoms with Gasteiger partial charge in [0, 0.05) is 12.0 Å². The monoisotopic (exact) mass is 380 g/mol. The van der Waals surface area contributed by atoms with Crippen LogP contribution in [0.2, 0.25) is 0 Å². The molecule has 1 aliphatic heterocycles. The third-order valence-corrected chi connectivity index (χ3v) is 4.78. The molecule has 0 amide bonds. The van der Waals surface area contributed by atoms with Gasteiger partial charge in [-0.3, -0.25) is 4.79 Å². The lowest BCUT2D eigenvalue weighted by molar-refractivity contribution is 0.324. The minimum atomic E-state index is -0.235. The van der Waals surface area contributed by atoms with Crippen molar-refractivity contribution in [3.05, 3.63) is 57.4 Å². The van der Waals surface area contributed by atoms with Gasteiger partial charge >= 0.3 is 0 Å². The van der Waals surface area contributed by atoms with Crippen molar-refractivity contribution in [2.75, 3.05) is 21.3 Å². The number of nitrogens with one attached hydrogen (secondary N) is 1. The topological polar surface area (TPSA) is 82.7 Å². The standard InChI is InChI=1S/C21H20N2O5/c1-11-6-5-7-12-8-14-20(24)22-19(23-21(14)28-17(11)12)13-9-15(25-2)18(27-4)16(10-13)26-3/h5-7,9-10H,8H2,1-4H3,(H,22,23,24). The van der Waals surface area contributed by atoms with E-state index < -0.39 is 0 Å². The molecule has 0 aliphatic carbocycles. The number of aryl methyl sites for hydroxylation is 1. The number of aromatic nitrogens is 2. The number of para-hydroxylation sites is 1. The Morgan fingerprint density at radius 1 is 1.07 bits per heavy atom. The predicted molar refractivity (Wildman–Crippen MR) is 104 cm³/mol. The summed E-state index contributed by atoms with van der Waals surface area (Å²) in [6, 6.07) is 9.34. The van der Waals surface area contributed by atoms with Crippen molar-refractivity contribution >= 4 is 0 Å². The number of nitrogens with zero attached hydrogens (tertiary/aromatic N) is 1. The molecule has 3 aromatic rings. The number of methoxy groups -OCH3 is 3. The van der Waals surface area contributed by atoms with Crippen LogP contribution in [0.15, 0.2) is 35.1 Å². The van der Waals surface area contributed by atoms with E-state index in [1.54, 1.807) is 12.1 Å². The van der Waals surface area contributed by atoms with Crippen molar-refractivity contribution < 1.29 is 18.9 Å². The first-order chi connectivity index (χ1) is 13.5. The first-order valence-corrected chi connectivity index (χ1v) is 8.75. The molecule has 1 aromatic heterocycles. The molecule has 7 heteroatoms. The van der Waals surface area contributed by atoms with Crippen LogP contribution in [0.3, 0.4) is 0 Å². The Morgan fingerprint density at radius 2 is 1.79 bits per heavy atom. The molecule has 2 heterocycles. The molecule has 28 heavy (non-hydrogen) atoms. The van der Waals surface area contributed by atoms with E-state index in [4.69, 9.17) is 18.9 Å². The Morgan fingerprint density at radius 3 is 2.43 bits per heavy atom. The highest BCUT2D eigenvalue weighted by Crippen LogP contribution is 2.41. The maximum absolute atomic E-state index is 12.7. The van der Waals surface area contributed by atoms with Crippen LogP contribution in [0, 0.1) is 6.92 Å². The van der Waals surface area contributed by atoms with Gasteiger partial charge in [-0.15, -0.1) is 0 Å². The largest absolute Gasteiger partial charge is 0.493 e. The summed E-state index contributed by atoms with van der Waals surface area (Å²) in [6.45, 7) is 1.97. The van der Waals surface area contributed by atoms with Crippen LogP contribution >= 0.6 is 0 Å². The molecule has 0 bridgehead atoms. The Balaban J connectivity index is 1.84. The Kier molecular flexibility index (Phi) is 4.43. The average molecular weight is 380 g/mol. The Hall–Kier alpha value is -3.48. The van der Waals surface area contributed by atoms with Gasteiger partial charge in [-0.05, 0) is 30.2 Å². The van der Waals surface area contributed by atoms with E-state index >= 15 is 0 Å². The fraction of sp³-hybridized carbons (Fsp3) is 0.238. The molecule has 0 radical (unpaired) electrons. The molecule has 0 fully saturated rings. The number of benzene rings is 2. The molecule has 1 N–H and O–H groups in total. The Labute approximate surface area is 161 Å². The number of fused-ring (bicyclic) bond motifs is 2. The van der Waals surface area contributed by atoms with Crippen LogP contribution in [-0.2, 0) is 6.42 Å². The molecule has 4 rings (SSSR count). The van der Waals surface area contributed by atoms with Crippen LogP contribution in [0.4, 0.5) is 0 Å². The van der Waals surface area contributed by atoms with Gasteiger partial charge in [-0.1, -0.05) is 18.2 Å². The van der Waals surface area contributed by atoms with Crippen LogP contribution in [0.5, 0.6) is 28.9 Å². The lowest BCUT2D eigenvalue weighted by Crippen LogP contribution is -2.20. The van der Waals surface area contributed by atoms with Crippen molar-refractivity contribution in [2.45, 2.75) is 13.3 Å². The molecule has 0 spiro atoms. The zero-order valence-corrected chi connectivity index (χ0v) is 16.1. The smallest absolute Gasteiger partial charge is 0.258 e. The van der Waals surface area contributed by atoms with Crippen molar-refractivity contribution in [2.24, 2.45) is 0 Å². The first-order valence-electron chi connectivity index (χ1n) is 8.75. The fourth-order valence-electron chi connectivity index (χ4n) is 3.36. The van der Waals surface area contributed by atoms with Crippen molar-refractivity contribution in [1.29, 1.82) is 0 Å². The van der Waals surface area contributed by atoms with Gasteiger partial charge in [0.15, 0.2) is 11.5 Å². The number of hydrogen-bond acceptors (Lipinski definition) is 6. The van der Waals surface area contributed by atoms with E-state index in [2.05, 4.69) is 9.97 Å². The molecular formula is C21H20N2O5. The van der Waals surface area contributed by atoms with Crippen LogP contribution in [-0.4, -0.2) is 31.3 Å². The summed E-state index contributed by atoms with van der Waals surface area (Å²) in [5.41, 5.74) is 2.86. The van der Waals surface area contributed by atoms with E-state index in [0.29, 0.717) is 46.5 Å². The van der Waals surface area contributed by atoms with Gasteiger partial charge in [-0.2, -0.15) is 4.98 Å². The quantitative estimate of drug-likeness (QED) is 0.584. The lowest BCUT2D eigenvalue weighted by atomic mass is 10.0. The number of hydrogen-bond donors (Lipinski definition) is 1. The third kappa shape index (κ3) is 2.85. The molecule has 7 nitrogen and oxygen atoms in total. The fourth-order valence-corrected chi connectivity index (χ4v) is 3.36. The van der Waals surface area contributed by atoms with E-state index in [-0.39, 0.29) is 5.56 Å². The summed E-state index contributed by atoms with van der Waals surface area (Å²) in [5, 5.41) is 0. The Bertz CT molecular complexity index is 1100. The second-order valence-corrected chi connectivity index (χ2v) is 6.45. The van der Waals surface area contributed by atoms with Gasteiger partial charge in [0.05, 0.1) is 26.9 Å². The molecule has 144 valence electrons. The minimum Gasteiger partial charge on any atom is -0.493 e. The van der Waals surface area contributed by atoms with Crippen molar-refractivity contribution in [1.82, 2.24) is 9.97 Å². The van der Waals surface area contributed by atoms with Gasteiger partial charge in [0.2, 0.25) is 11.6 Å². The van der Waals surface area contributed by atoms with Crippen molar-refractivity contribution in [3.8, 4) is 40.3 Å². The highest BCUT2D eigenvalue weighted by atomic mass is 16.5. The van der Waals surface area contributed by atoms with Gasteiger partial charge < -0.3 is 23.9 Å².